The molecule has 0 radical (unpaired) electrons. The van der Waals surface area contributed by atoms with Crippen molar-refractivity contribution in [3.8, 4) is 16.9 Å². The van der Waals surface area contributed by atoms with E-state index in [0.717, 1.165) is 48.2 Å². The van der Waals surface area contributed by atoms with Gasteiger partial charge in [-0.15, -0.1) is 0 Å². The Bertz CT molecular complexity index is 1100. The van der Waals surface area contributed by atoms with Crippen molar-refractivity contribution >= 4 is 17.0 Å². The number of carboxylic acids is 1. The molecule has 2 aliphatic rings. The second-order valence-corrected chi connectivity index (χ2v) is 8.47. The third kappa shape index (κ3) is 3.33. The van der Waals surface area contributed by atoms with E-state index in [1.165, 1.54) is 12.1 Å². The van der Waals surface area contributed by atoms with E-state index in [4.69, 9.17) is 9.84 Å². The Balaban J connectivity index is 1.43. The highest BCUT2D eigenvalue weighted by molar-refractivity contribution is 5.95. The number of aromatic amines is 1. The van der Waals surface area contributed by atoms with Gasteiger partial charge in [0.25, 0.3) is 0 Å². The number of benzene rings is 1. The standard InChI is InChI=1S/C23H24FN3O3/c1-30-21-3-2-16(24)8-18(21)17-4-5-25-23-19(17)9-20(26-23)13-6-14-10-27(12-22(28)29)11-15(14)7-13/h2-5,8-9,13-15H,6-7,10-12H2,1H3,(H,25,26)(H,28,29)/t13-,14-,15+. The summed E-state index contributed by atoms with van der Waals surface area (Å²) in [4.78, 5) is 21.0. The molecule has 3 aromatic rings. The van der Waals surface area contributed by atoms with Gasteiger partial charge in [-0.1, -0.05) is 0 Å². The van der Waals surface area contributed by atoms with Crippen molar-refractivity contribution in [1.82, 2.24) is 14.9 Å². The third-order valence-electron chi connectivity index (χ3n) is 6.63. The van der Waals surface area contributed by atoms with Gasteiger partial charge in [0.2, 0.25) is 0 Å². The molecule has 0 unspecified atom stereocenters. The number of nitrogens with zero attached hydrogens (tertiary/aromatic N) is 2. The minimum Gasteiger partial charge on any atom is -0.496 e. The summed E-state index contributed by atoms with van der Waals surface area (Å²) < 4.78 is 19.4. The van der Waals surface area contributed by atoms with Gasteiger partial charge in [-0.3, -0.25) is 9.69 Å². The molecule has 0 amide bonds. The van der Waals surface area contributed by atoms with Crippen LogP contribution < -0.4 is 4.74 Å². The lowest BCUT2D eigenvalue weighted by atomic mass is 9.99. The molecule has 1 saturated carbocycles. The van der Waals surface area contributed by atoms with Crippen LogP contribution in [0.15, 0.2) is 36.5 Å². The summed E-state index contributed by atoms with van der Waals surface area (Å²) in [5, 5.41) is 10.00. The highest BCUT2D eigenvalue weighted by Gasteiger charge is 2.42. The summed E-state index contributed by atoms with van der Waals surface area (Å²) in [6.45, 7) is 1.85. The number of ether oxygens (including phenoxy) is 1. The van der Waals surface area contributed by atoms with E-state index in [9.17, 15) is 9.18 Å². The molecule has 5 rings (SSSR count). The molecule has 0 spiro atoms. The van der Waals surface area contributed by atoms with Gasteiger partial charge in [0.05, 0.1) is 13.7 Å². The first kappa shape index (κ1) is 19.1. The molecule has 1 aromatic carbocycles. The molecule has 6 nitrogen and oxygen atoms in total. The Morgan fingerprint density at radius 1 is 1.23 bits per heavy atom. The molecule has 2 aromatic heterocycles. The van der Waals surface area contributed by atoms with Crippen molar-refractivity contribution in [3.63, 3.8) is 0 Å². The quantitative estimate of drug-likeness (QED) is 0.669. The van der Waals surface area contributed by atoms with Crippen molar-refractivity contribution in [2.45, 2.75) is 18.8 Å². The molecule has 3 atom stereocenters. The van der Waals surface area contributed by atoms with Gasteiger partial charge < -0.3 is 14.8 Å². The van der Waals surface area contributed by atoms with E-state index in [0.29, 0.717) is 29.1 Å². The largest absolute Gasteiger partial charge is 0.496 e. The summed E-state index contributed by atoms with van der Waals surface area (Å²) >= 11 is 0. The molecule has 1 saturated heterocycles. The normalized spacial score (nSPS) is 23.7. The lowest BCUT2D eigenvalue weighted by Gasteiger charge is -2.16. The zero-order valence-corrected chi connectivity index (χ0v) is 16.8. The Kier molecular flexibility index (Phi) is 4.70. The molecule has 7 heteroatoms. The van der Waals surface area contributed by atoms with Crippen LogP contribution in [0.5, 0.6) is 5.75 Å². The van der Waals surface area contributed by atoms with Gasteiger partial charge in [0, 0.05) is 35.9 Å². The number of carbonyl (C=O) groups is 1. The first-order chi connectivity index (χ1) is 14.5. The maximum absolute atomic E-state index is 13.9. The predicted molar refractivity (Wildman–Crippen MR) is 111 cm³/mol. The molecule has 156 valence electrons. The minimum absolute atomic E-state index is 0.132. The number of H-pyrrole nitrogens is 1. The number of methoxy groups -OCH3 is 1. The van der Waals surface area contributed by atoms with Gasteiger partial charge in [0.1, 0.15) is 17.2 Å². The fourth-order valence-electron chi connectivity index (χ4n) is 5.36. The van der Waals surface area contributed by atoms with E-state index >= 15 is 0 Å². The first-order valence-electron chi connectivity index (χ1n) is 10.3. The van der Waals surface area contributed by atoms with Crippen molar-refractivity contribution in [2.24, 2.45) is 11.8 Å². The summed E-state index contributed by atoms with van der Waals surface area (Å²) in [5.74, 6) is 1.05. The van der Waals surface area contributed by atoms with Gasteiger partial charge >= 0.3 is 5.97 Å². The van der Waals surface area contributed by atoms with Gasteiger partial charge in [-0.25, -0.2) is 9.37 Å². The van der Waals surface area contributed by atoms with E-state index in [1.54, 1.807) is 19.4 Å². The van der Waals surface area contributed by atoms with Crippen LogP contribution in [0, 0.1) is 17.7 Å². The molecular weight excluding hydrogens is 385 g/mol. The van der Waals surface area contributed by atoms with E-state index in [2.05, 4.69) is 20.9 Å². The number of hydrogen-bond donors (Lipinski definition) is 2. The number of pyridine rings is 1. The predicted octanol–water partition coefficient (Wildman–Crippen LogP) is 3.89. The minimum atomic E-state index is -0.756. The molecule has 1 aliphatic carbocycles. The summed E-state index contributed by atoms with van der Waals surface area (Å²) in [6.07, 6.45) is 3.83. The zero-order chi connectivity index (χ0) is 20.8. The molecule has 1 aliphatic heterocycles. The maximum atomic E-state index is 13.9. The lowest BCUT2D eigenvalue weighted by Crippen LogP contribution is -2.28. The van der Waals surface area contributed by atoms with Crippen LogP contribution in [0.4, 0.5) is 4.39 Å². The van der Waals surface area contributed by atoms with Crippen molar-refractivity contribution in [3.05, 3.63) is 48.0 Å². The summed E-state index contributed by atoms with van der Waals surface area (Å²) in [5.41, 5.74) is 3.55. The van der Waals surface area contributed by atoms with Gasteiger partial charge in [-0.2, -0.15) is 0 Å². The Labute approximate surface area is 173 Å². The van der Waals surface area contributed by atoms with Gasteiger partial charge in [0.15, 0.2) is 0 Å². The smallest absolute Gasteiger partial charge is 0.317 e. The van der Waals surface area contributed by atoms with Crippen molar-refractivity contribution in [1.29, 1.82) is 0 Å². The number of hydrogen-bond acceptors (Lipinski definition) is 4. The SMILES string of the molecule is COc1ccc(F)cc1-c1ccnc2[nH]c([C@@H]3C[C@@H]4CN(CC(=O)O)C[C@@H]4C3)cc12. The number of halogens is 1. The first-order valence-corrected chi connectivity index (χ1v) is 10.3. The zero-order valence-electron chi connectivity index (χ0n) is 16.8. The van der Waals surface area contributed by atoms with Crippen LogP contribution in [0.2, 0.25) is 0 Å². The van der Waals surface area contributed by atoms with Crippen LogP contribution in [-0.4, -0.2) is 52.7 Å². The summed E-state index contributed by atoms with van der Waals surface area (Å²) in [6, 6.07) is 8.57. The Hall–Kier alpha value is -2.93. The molecule has 2 N–H and O–H groups in total. The topological polar surface area (TPSA) is 78.5 Å². The van der Waals surface area contributed by atoms with Crippen LogP contribution >= 0.6 is 0 Å². The Morgan fingerprint density at radius 3 is 2.70 bits per heavy atom. The van der Waals surface area contributed by atoms with E-state index in [-0.39, 0.29) is 12.4 Å². The summed E-state index contributed by atoms with van der Waals surface area (Å²) in [7, 11) is 1.59. The fourth-order valence-corrected chi connectivity index (χ4v) is 5.36. The highest BCUT2D eigenvalue weighted by Crippen LogP contribution is 2.47. The number of carboxylic acid groups (broad SMARTS) is 1. The van der Waals surface area contributed by atoms with Crippen molar-refractivity contribution < 1.29 is 19.0 Å². The number of nitrogens with one attached hydrogen (secondary N) is 1. The molecule has 3 heterocycles. The average molecular weight is 409 g/mol. The van der Waals surface area contributed by atoms with Crippen LogP contribution in [0.25, 0.3) is 22.2 Å². The second-order valence-electron chi connectivity index (χ2n) is 8.47. The van der Waals surface area contributed by atoms with Crippen LogP contribution in [0.3, 0.4) is 0 Å². The van der Waals surface area contributed by atoms with Crippen LogP contribution in [0.1, 0.15) is 24.5 Å². The number of likely N-dealkylation sites (tertiary alicyclic amines) is 1. The number of rotatable bonds is 5. The van der Waals surface area contributed by atoms with Crippen LogP contribution in [-0.2, 0) is 4.79 Å². The fraction of sp³-hybridized carbons (Fsp3) is 0.391. The maximum Gasteiger partial charge on any atom is 0.317 e. The third-order valence-corrected chi connectivity index (χ3v) is 6.63. The molecule has 2 fully saturated rings. The monoisotopic (exact) mass is 409 g/mol. The van der Waals surface area contributed by atoms with E-state index in [1.807, 2.05) is 6.07 Å². The average Bonchev–Trinajstić information content (AvgIpc) is 3.39. The number of aromatic nitrogens is 2. The number of fused-ring (bicyclic) bond motifs is 2. The Morgan fingerprint density at radius 2 is 2.00 bits per heavy atom. The molecule has 0 bridgehead atoms. The molecule has 30 heavy (non-hydrogen) atoms. The van der Waals surface area contributed by atoms with Gasteiger partial charge in [-0.05, 0) is 66.5 Å². The van der Waals surface area contributed by atoms with Crippen molar-refractivity contribution in [2.75, 3.05) is 26.7 Å². The van der Waals surface area contributed by atoms with E-state index < -0.39 is 5.97 Å². The molecular formula is C23H24FN3O3. The number of aliphatic carboxylic acids is 1. The lowest BCUT2D eigenvalue weighted by molar-refractivity contribution is -0.138. The highest BCUT2D eigenvalue weighted by atomic mass is 19.1. The second kappa shape index (κ2) is 7.40.